The maximum absolute atomic E-state index is 12.3. The Hall–Kier alpha value is -2.71. The number of aliphatic hydroxyl groups excluding tert-OH is 1. The molecule has 0 saturated heterocycles. The van der Waals surface area contributed by atoms with E-state index in [9.17, 15) is 13.5 Å². The van der Waals surface area contributed by atoms with E-state index in [2.05, 4.69) is 15.3 Å². The Morgan fingerprint density at radius 3 is 2.64 bits per heavy atom. The standard InChI is InChI=1S/C20H24N4O3S/c1-13(2)28(26,27)17-8-6-15(7-9-17)18-12-22-19(21)20(24-18)23-11-14-4-3-5-16(25)10-14/h3-4,6-10,12-13,16,25H,5,11H2,1-2H3,(H2,21,22)(H,23,24). The van der Waals surface area contributed by atoms with E-state index in [0.29, 0.717) is 24.5 Å². The molecule has 0 amide bonds. The summed E-state index contributed by atoms with van der Waals surface area (Å²) < 4.78 is 24.5. The molecule has 1 aromatic carbocycles. The Bertz CT molecular complexity index is 1010. The maximum atomic E-state index is 12.3. The predicted octanol–water partition coefficient (Wildman–Crippen LogP) is 2.57. The molecule has 3 rings (SSSR count). The van der Waals surface area contributed by atoms with Crippen LogP contribution in [-0.4, -0.2) is 41.4 Å². The number of benzene rings is 1. The number of sulfone groups is 1. The van der Waals surface area contributed by atoms with Crippen LogP contribution in [0.25, 0.3) is 11.3 Å². The maximum Gasteiger partial charge on any atom is 0.180 e. The molecule has 28 heavy (non-hydrogen) atoms. The third-order valence-electron chi connectivity index (χ3n) is 4.48. The van der Waals surface area contributed by atoms with Gasteiger partial charge < -0.3 is 16.2 Å². The monoisotopic (exact) mass is 400 g/mol. The highest BCUT2D eigenvalue weighted by Crippen LogP contribution is 2.24. The van der Waals surface area contributed by atoms with E-state index in [1.807, 2.05) is 12.2 Å². The predicted molar refractivity (Wildman–Crippen MR) is 111 cm³/mol. The second-order valence-corrected chi connectivity index (χ2v) is 9.41. The summed E-state index contributed by atoms with van der Waals surface area (Å²) >= 11 is 0. The third-order valence-corrected chi connectivity index (χ3v) is 6.65. The van der Waals surface area contributed by atoms with E-state index in [1.54, 1.807) is 50.4 Å². The fourth-order valence-corrected chi connectivity index (χ4v) is 3.85. The second kappa shape index (κ2) is 8.12. The summed E-state index contributed by atoms with van der Waals surface area (Å²) in [6.07, 6.45) is 7.34. The van der Waals surface area contributed by atoms with Crippen molar-refractivity contribution in [1.82, 2.24) is 9.97 Å². The minimum Gasteiger partial charge on any atom is -0.389 e. The van der Waals surface area contributed by atoms with Crippen molar-refractivity contribution in [2.45, 2.75) is 36.5 Å². The first-order chi connectivity index (χ1) is 13.3. The first-order valence-electron chi connectivity index (χ1n) is 9.03. The normalized spacial score (nSPS) is 16.9. The van der Waals surface area contributed by atoms with Gasteiger partial charge in [0.25, 0.3) is 0 Å². The number of nitrogen functional groups attached to an aromatic ring is 1. The Morgan fingerprint density at radius 1 is 1.29 bits per heavy atom. The van der Waals surface area contributed by atoms with E-state index < -0.39 is 21.2 Å². The van der Waals surface area contributed by atoms with Crippen LogP contribution in [-0.2, 0) is 9.84 Å². The van der Waals surface area contributed by atoms with Crippen molar-refractivity contribution in [3.8, 4) is 11.3 Å². The van der Waals surface area contributed by atoms with E-state index in [-0.39, 0.29) is 10.7 Å². The van der Waals surface area contributed by atoms with Gasteiger partial charge in [-0.15, -0.1) is 0 Å². The number of nitrogens with zero attached hydrogens (tertiary/aromatic N) is 2. The molecular formula is C20H24N4O3S. The molecule has 4 N–H and O–H groups in total. The molecule has 0 fully saturated rings. The first-order valence-corrected chi connectivity index (χ1v) is 10.6. The van der Waals surface area contributed by atoms with E-state index in [0.717, 1.165) is 11.1 Å². The molecule has 148 valence electrons. The van der Waals surface area contributed by atoms with Crippen molar-refractivity contribution in [1.29, 1.82) is 0 Å². The smallest absolute Gasteiger partial charge is 0.180 e. The fourth-order valence-electron chi connectivity index (χ4n) is 2.79. The molecule has 1 unspecified atom stereocenters. The lowest BCUT2D eigenvalue weighted by Gasteiger charge is -2.14. The second-order valence-electron chi connectivity index (χ2n) is 6.91. The zero-order valence-electron chi connectivity index (χ0n) is 15.8. The lowest BCUT2D eigenvalue weighted by Crippen LogP contribution is -2.14. The number of hydrogen-bond donors (Lipinski definition) is 3. The Balaban J connectivity index is 1.80. The van der Waals surface area contributed by atoms with Crippen LogP contribution < -0.4 is 11.1 Å². The quantitative estimate of drug-likeness (QED) is 0.682. The van der Waals surface area contributed by atoms with Crippen molar-refractivity contribution in [2.24, 2.45) is 0 Å². The van der Waals surface area contributed by atoms with Gasteiger partial charge in [-0.2, -0.15) is 0 Å². The Kier molecular flexibility index (Phi) is 5.81. The molecular weight excluding hydrogens is 376 g/mol. The number of aromatic nitrogens is 2. The molecule has 0 spiro atoms. The number of hydrogen-bond acceptors (Lipinski definition) is 7. The van der Waals surface area contributed by atoms with Gasteiger partial charge in [0.2, 0.25) is 0 Å². The van der Waals surface area contributed by atoms with Gasteiger partial charge in [0.15, 0.2) is 21.5 Å². The van der Waals surface area contributed by atoms with Crippen LogP contribution in [0.1, 0.15) is 20.3 Å². The van der Waals surface area contributed by atoms with Crippen LogP contribution in [0, 0.1) is 0 Å². The van der Waals surface area contributed by atoms with E-state index in [1.165, 1.54) is 0 Å². The van der Waals surface area contributed by atoms with Gasteiger partial charge in [-0.25, -0.2) is 18.4 Å². The minimum atomic E-state index is -3.32. The molecule has 7 nitrogen and oxygen atoms in total. The topological polar surface area (TPSA) is 118 Å². The van der Waals surface area contributed by atoms with Crippen molar-refractivity contribution >= 4 is 21.5 Å². The number of aliphatic hydroxyl groups is 1. The number of nitrogens with one attached hydrogen (secondary N) is 1. The average molecular weight is 401 g/mol. The summed E-state index contributed by atoms with van der Waals surface area (Å²) in [5.74, 6) is 0.703. The van der Waals surface area contributed by atoms with Crippen molar-refractivity contribution < 1.29 is 13.5 Å². The highest BCUT2D eigenvalue weighted by atomic mass is 32.2. The molecule has 1 atom stereocenters. The Morgan fingerprint density at radius 2 is 2.00 bits per heavy atom. The van der Waals surface area contributed by atoms with Crippen LogP contribution in [0.3, 0.4) is 0 Å². The minimum absolute atomic E-state index is 0.267. The lowest BCUT2D eigenvalue weighted by molar-refractivity contribution is 0.224. The van der Waals surface area contributed by atoms with Gasteiger partial charge in [-0.05, 0) is 38.0 Å². The molecule has 0 saturated carbocycles. The number of anilines is 2. The summed E-state index contributed by atoms with van der Waals surface area (Å²) in [6.45, 7) is 3.77. The number of rotatable bonds is 6. The van der Waals surface area contributed by atoms with Crippen LogP contribution in [0.4, 0.5) is 11.6 Å². The van der Waals surface area contributed by atoms with Crippen molar-refractivity contribution in [3.05, 3.63) is 54.3 Å². The molecule has 1 aromatic heterocycles. The van der Waals surface area contributed by atoms with E-state index in [4.69, 9.17) is 5.73 Å². The van der Waals surface area contributed by atoms with Gasteiger partial charge >= 0.3 is 0 Å². The van der Waals surface area contributed by atoms with Gasteiger partial charge in [0.05, 0.1) is 28.1 Å². The van der Waals surface area contributed by atoms with E-state index >= 15 is 0 Å². The zero-order chi connectivity index (χ0) is 20.3. The van der Waals surface area contributed by atoms with Gasteiger partial charge in [-0.1, -0.05) is 30.4 Å². The molecule has 0 aliphatic heterocycles. The summed E-state index contributed by atoms with van der Waals surface area (Å²) in [7, 11) is -3.32. The number of nitrogens with two attached hydrogens (primary N) is 1. The molecule has 0 radical (unpaired) electrons. The molecule has 8 heteroatoms. The first kappa shape index (κ1) is 20.0. The van der Waals surface area contributed by atoms with Gasteiger partial charge in [0.1, 0.15) is 0 Å². The van der Waals surface area contributed by atoms with Crippen LogP contribution in [0.2, 0.25) is 0 Å². The lowest BCUT2D eigenvalue weighted by atomic mass is 10.1. The third kappa shape index (κ3) is 4.40. The van der Waals surface area contributed by atoms with Crippen LogP contribution in [0.15, 0.2) is 59.2 Å². The highest BCUT2D eigenvalue weighted by molar-refractivity contribution is 7.92. The van der Waals surface area contributed by atoms with Crippen LogP contribution in [0.5, 0.6) is 0 Å². The van der Waals surface area contributed by atoms with Gasteiger partial charge in [0, 0.05) is 12.1 Å². The van der Waals surface area contributed by atoms with Crippen LogP contribution >= 0.6 is 0 Å². The molecule has 1 aliphatic carbocycles. The highest BCUT2D eigenvalue weighted by Gasteiger charge is 2.19. The molecule has 2 aromatic rings. The Labute approximate surface area is 165 Å². The van der Waals surface area contributed by atoms with Crippen molar-refractivity contribution in [2.75, 3.05) is 17.6 Å². The van der Waals surface area contributed by atoms with Crippen molar-refractivity contribution in [3.63, 3.8) is 0 Å². The summed E-state index contributed by atoms with van der Waals surface area (Å²) in [6, 6.07) is 6.58. The summed E-state index contributed by atoms with van der Waals surface area (Å²) in [5, 5.41) is 12.3. The van der Waals surface area contributed by atoms with Gasteiger partial charge in [-0.3, -0.25) is 0 Å². The SMILES string of the molecule is CC(C)S(=O)(=O)c1ccc(-c2cnc(N)c(NCC3=CC(O)CC=C3)n2)cc1. The summed E-state index contributed by atoms with van der Waals surface area (Å²) in [5.41, 5.74) is 8.18. The zero-order valence-corrected chi connectivity index (χ0v) is 16.6. The molecule has 1 aliphatic rings. The summed E-state index contributed by atoms with van der Waals surface area (Å²) in [4.78, 5) is 8.97. The fraction of sp³-hybridized carbons (Fsp3) is 0.300. The average Bonchev–Trinajstić information content (AvgIpc) is 2.67. The largest absolute Gasteiger partial charge is 0.389 e. The molecule has 1 heterocycles. The molecule has 0 bridgehead atoms.